The standard InChI is InChI=1S/C32H30FN3O6S2/c1-4-5-16-42-22-13-10-19(11-14-22)28(37)26-27(20-12-15-24(40-2)25(17-20)41-3)36(30(39)29(26)38)31-34-35-32(44-31)43-18-21-8-6-7-9-23(21)33/h6-15,17,27,37H,4-5,16,18H2,1-3H3. The summed E-state index contributed by atoms with van der Waals surface area (Å²) in [4.78, 5) is 28.4. The quantitative estimate of drug-likeness (QED) is 0.0449. The molecule has 0 aliphatic carbocycles. The number of Topliss-reactive ketones (excluding diaryl/α,β-unsaturated/α-hetero) is 1. The number of ketones is 1. The van der Waals surface area contributed by atoms with Gasteiger partial charge in [-0.25, -0.2) is 4.39 Å². The molecule has 0 saturated carbocycles. The first-order valence-corrected chi connectivity index (χ1v) is 15.6. The van der Waals surface area contributed by atoms with Gasteiger partial charge in [0.1, 0.15) is 17.3 Å². The molecule has 0 bridgehead atoms. The highest BCUT2D eigenvalue weighted by atomic mass is 32.2. The second kappa shape index (κ2) is 13.9. The van der Waals surface area contributed by atoms with Gasteiger partial charge in [-0.15, -0.1) is 10.2 Å². The van der Waals surface area contributed by atoms with Crippen molar-refractivity contribution in [3.8, 4) is 17.2 Å². The van der Waals surface area contributed by atoms with Crippen LogP contribution in [0.25, 0.3) is 5.76 Å². The van der Waals surface area contributed by atoms with Crippen LogP contribution in [-0.2, 0) is 15.3 Å². The van der Waals surface area contributed by atoms with Crippen molar-refractivity contribution in [2.45, 2.75) is 35.9 Å². The lowest BCUT2D eigenvalue weighted by Crippen LogP contribution is -2.29. The van der Waals surface area contributed by atoms with Gasteiger partial charge in [-0.2, -0.15) is 0 Å². The van der Waals surface area contributed by atoms with Crippen molar-refractivity contribution in [1.29, 1.82) is 0 Å². The number of benzene rings is 3. The summed E-state index contributed by atoms with van der Waals surface area (Å²) in [6.07, 6.45) is 1.90. The van der Waals surface area contributed by atoms with Gasteiger partial charge in [0, 0.05) is 11.3 Å². The molecule has 0 radical (unpaired) electrons. The Kier molecular flexibility index (Phi) is 9.81. The molecule has 2 heterocycles. The summed E-state index contributed by atoms with van der Waals surface area (Å²) in [6, 6.07) is 17.1. The Morgan fingerprint density at radius 2 is 1.77 bits per heavy atom. The molecule has 9 nitrogen and oxygen atoms in total. The number of carbonyl (C=O) groups is 2. The summed E-state index contributed by atoms with van der Waals surface area (Å²) in [6.45, 7) is 2.64. The van der Waals surface area contributed by atoms with Crippen LogP contribution in [0.5, 0.6) is 17.2 Å². The Balaban J connectivity index is 1.54. The second-order valence-corrected chi connectivity index (χ2v) is 11.9. The molecule has 1 aliphatic rings. The zero-order chi connectivity index (χ0) is 31.2. The average Bonchev–Trinajstić information content (AvgIpc) is 3.62. The molecule has 12 heteroatoms. The maximum absolute atomic E-state index is 14.2. The van der Waals surface area contributed by atoms with Gasteiger partial charge in [0.15, 0.2) is 15.8 Å². The van der Waals surface area contributed by atoms with E-state index < -0.39 is 17.7 Å². The SMILES string of the molecule is CCCCOc1ccc(C(O)=C2C(=O)C(=O)N(c3nnc(SCc4ccccc4F)s3)C2c2ccc(OC)c(OC)c2)cc1. The van der Waals surface area contributed by atoms with Gasteiger partial charge in [0.2, 0.25) is 5.13 Å². The summed E-state index contributed by atoms with van der Waals surface area (Å²) in [5, 5.41) is 20.0. The number of rotatable bonds is 12. The maximum atomic E-state index is 14.2. The molecule has 3 aromatic carbocycles. The van der Waals surface area contributed by atoms with E-state index in [1.165, 1.54) is 36.9 Å². The number of aromatic nitrogens is 2. The third kappa shape index (κ3) is 6.41. The number of nitrogens with zero attached hydrogens (tertiary/aromatic N) is 3. The molecule has 228 valence electrons. The predicted molar refractivity (Wildman–Crippen MR) is 167 cm³/mol. The first-order valence-electron chi connectivity index (χ1n) is 13.8. The van der Waals surface area contributed by atoms with Gasteiger partial charge in [-0.05, 0) is 60.0 Å². The fraction of sp³-hybridized carbons (Fsp3) is 0.250. The van der Waals surface area contributed by atoms with E-state index in [2.05, 4.69) is 17.1 Å². The van der Waals surface area contributed by atoms with Crippen LogP contribution in [0.1, 0.15) is 42.5 Å². The Morgan fingerprint density at radius 1 is 1.02 bits per heavy atom. The smallest absolute Gasteiger partial charge is 0.301 e. The van der Waals surface area contributed by atoms with Crippen molar-refractivity contribution in [2.75, 3.05) is 25.7 Å². The van der Waals surface area contributed by atoms with Crippen LogP contribution in [-0.4, -0.2) is 47.8 Å². The molecule has 0 spiro atoms. The van der Waals surface area contributed by atoms with Crippen molar-refractivity contribution in [1.82, 2.24) is 10.2 Å². The Bertz CT molecular complexity index is 1690. The van der Waals surface area contributed by atoms with Gasteiger partial charge in [-0.1, -0.05) is 60.7 Å². The lowest BCUT2D eigenvalue weighted by molar-refractivity contribution is -0.132. The summed E-state index contributed by atoms with van der Waals surface area (Å²) in [5.74, 6) is -0.654. The third-order valence-electron chi connectivity index (χ3n) is 6.97. The Labute approximate surface area is 262 Å². The zero-order valence-electron chi connectivity index (χ0n) is 24.3. The molecular weight excluding hydrogens is 605 g/mol. The van der Waals surface area contributed by atoms with Gasteiger partial charge < -0.3 is 19.3 Å². The monoisotopic (exact) mass is 635 g/mol. The number of methoxy groups -OCH3 is 2. The minimum atomic E-state index is -1.05. The molecule has 1 aliphatic heterocycles. The van der Waals surface area contributed by atoms with Crippen molar-refractivity contribution in [3.05, 3.63) is 94.8 Å². The van der Waals surface area contributed by atoms with E-state index in [1.807, 2.05) is 0 Å². The number of carbonyl (C=O) groups excluding carboxylic acids is 2. The number of halogens is 1. The number of amides is 1. The van der Waals surface area contributed by atoms with Crippen LogP contribution < -0.4 is 19.1 Å². The first kappa shape index (κ1) is 31.0. The number of unbranched alkanes of at least 4 members (excludes halogenated alkanes) is 1. The molecule has 1 saturated heterocycles. The lowest BCUT2D eigenvalue weighted by atomic mass is 9.95. The molecular formula is C32H30FN3O6S2. The molecule has 5 rings (SSSR count). The second-order valence-electron chi connectivity index (χ2n) is 9.74. The minimum absolute atomic E-state index is 0.113. The van der Waals surface area contributed by atoms with Crippen molar-refractivity contribution >= 4 is 45.7 Å². The van der Waals surface area contributed by atoms with E-state index in [9.17, 15) is 19.1 Å². The van der Waals surface area contributed by atoms with Crippen LogP contribution in [0.4, 0.5) is 9.52 Å². The topological polar surface area (TPSA) is 111 Å². The molecule has 1 amide bonds. The highest BCUT2D eigenvalue weighted by Gasteiger charge is 2.48. The number of hydrogen-bond donors (Lipinski definition) is 1. The summed E-state index contributed by atoms with van der Waals surface area (Å²) < 4.78 is 31.2. The van der Waals surface area contributed by atoms with Crippen molar-refractivity contribution < 1.29 is 33.3 Å². The van der Waals surface area contributed by atoms with Gasteiger partial charge >= 0.3 is 5.91 Å². The number of aliphatic hydroxyl groups excluding tert-OH is 1. The zero-order valence-corrected chi connectivity index (χ0v) is 25.9. The largest absolute Gasteiger partial charge is 0.507 e. The maximum Gasteiger partial charge on any atom is 0.301 e. The highest BCUT2D eigenvalue weighted by molar-refractivity contribution is 8.00. The number of thioether (sulfide) groups is 1. The molecule has 1 unspecified atom stereocenters. The number of aliphatic hydroxyl groups is 1. The number of anilines is 1. The predicted octanol–water partition coefficient (Wildman–Crippen LogP) is 6.79. The molecule has 1 aromatic heterocycles. The van der Waals surface area contributed by atoms with E-state index in [-0.39, 0.29) is 22.3 Å². The fourth-order valence-corrected chi connectivity index (χ4v) is 6.53. The third-order valence-corrected chi connectivity index (χ3v) is 9.08. The highest BCUT2D eigenvalue weighted by Crippen LogP contribution is 2.45. The number of hydrogen-bond acceptors (Lipinski definition) is 10. The molecule has 1 atom stereocenters. The van der Waals surface area contributed by atoms with Crippen LogP contribution in [0, 0.1) is 5.82 Å². The number of ether oxygens (including phenoxy) is 3. The fourth-order valence-electron chi connectivity index (χ4n) is 4.68. The van der Waals surface area contributed by atoms with Crippen molar-refractivity contribution in [2.24, 2.45) is 0 Å². The van der Waals surface area contributed by atoms with Crippen molar-refractivity contribution in [3.63, 3.8) is 0 Å². The van der Waals surface area contributed by atoms with E-state index in [1.54, 1.807) is 60.7 Å². The van der Waals surface area contributed by atoms with Crippen LogP contribution in [0.15, 0.2) is 76.6 Å². The Hall–Kier alpha value is -4.42. The molecule has 44 heavy (non-hydrogen) atoms. The van der Waals surface area contributed by atoms with Gasteiger partial charge in [0.05, 0.1) is 32.4 Å². The van der Waals surface area contributed by atoms with E-state index in [4.69, 9.17) is 14.2 Å². The first-order chi connectivity index (χ1) is 21.4. The van der Waals surface area contributed by atoms with E-state index in [0.717, 1.165) is 24.2 Å². The minimum Gasteiger partial charge on any atom is -0.507 e. The lowest BCUT2D eigenvalue weighted by Gasteiger charge is -2.23. The van der Waals surface area contributed by atoms with E-state index in [0.29, 0.717) is 50.6 Å². The van der Waals surface area contributed by atoms with Crippen LogP contribution in [0.2, 0.25) is 0 Å². The molecule has 1 N–H and O–H groups in total. The average molecular weight is 636 g/mol. The molecule has 4 aromatic rings. The summed E-state index contributed by atoms with van der Waals surface area (Å²) in [7, 11) is 2.98. The van der Waals surface area contributed by atoms with Crippen LogP contribution >= 0.6 is 23.1 Å². The molecule has 1 fully saturated rings. The van der Waals surface area contributed by atoms with Gasteiger partial charge in [-0.3, -0.25) is 14.5 Å². The van der Waals surface area contributed by atoms with Crippen LogP contribution in [0.3, 0.4) is 0 Å². The van der Waals surface area contributed by atoms with Gasteiger partial charge in [0.25, 0.3) is 5.78 Å². The normalized spacial score (nSPS) is 15.9. The summed E-state index contributed by atoms with van der Waals surface area (Å²) in [5.41, 5.74) is 1.22. The Morgan fingerprint density at radius 3 is 2.48 bits per heavy atom. The van der Waals surface area contributed by atoms with E-state index >= 15 is 0 Å². The summed E-state index contributed by atoms with van der Waals surface area (Å²) >= 11 is 2.35.